The molecule has 0 amide bonds. The van der Waals surface area contributed by atoms with Gasteiger partial charge in [0.05, 0.1) is 0 Å². The van der Waals surface area contributed by atoms with Crippen molar-refractivity contribution in [1.29, 1.82) is 0 Å². The normalized spacial score (nSPS) is 8.18. The summed E-state index contributed by atoms with van der Waals surface area (Å²) < 4.78 is 0. The molecule has 0 N–H and O–H groups in total. The molecule has 68 valence electrons. The van der Waals surface area contributed by atoms with E-state index in [9.17, 15) is 0 Å². The summed E-state index contributed by atoms with van der Waals surface area (Å²) in [5, 5.41) is 0. The number of halogens is 2. The Morgan fingerprint density at radius 1 is 0.727 bits per heavy atom. The fourth-order valence-corrected chi connectivity index (χ4v) is 0. The first-order chi connectivity index (χ1) is 4.88. The van der Waals surface area contributed by atoms with Crippen molar-refractivity contribution >= 4 is 59.0 Å². The molecule has 0 aromatic heterocycles. The predicted molar refractivity (Wildman–Crippen MR) is 64.2 cm³/mol. The third kappa shape index (κ3) is 327. The summed E-state index contributed by atoms with van der Waals surface area (Å²) in [4.78, 5) is 0. The molecule has 0 unspecified atom stereocenters. The molecule has 0 spiro atoms. The average Bonchev–Trinajstić information content (AvgIpc) is 1.60. The fourth-order valence-electron chi connectivity index (χ4n) is 0. The molecule has 0 saturated heterocycles. The van der Waals surface area contributed by atoms with Crippen LogP contribution >= 0.6 is 22.2 Å². The van der Waals surface area contributed by atoms with E-state index in [0.717, 1.165) is 0 Å². The maximum absolute atomic E-state index is 4.79. The molecule has 0 fully saturated rings. The van der Waals surface area contributed by atoms with Gasteiger partial charge in [0.2, 0.25) is 0 Å². The Morgan fingerprint density at radius 2 is 0.727 bits per heavy atom. The van der Waals surface area contributed by atoms with Crippen molar-refractivity contribution in [3.8, 4) is 0 Å². The summed E-state index contributed by atoms with van der Waals surface area (Å²) in [6.45, 7) is 0. The molecule has 0 saturated carbocycles. The molecular formula is C6H18Cl2Ge2Si. The van der Waals surface area contributed by atoms with Gasteiger partial charge in [-0.2, -0.15) is 0 Å². The second kappa shape index (κ2) is 17.8. The molecule has 5 heteroatoms. The zero-order valence-corrected chi connectivity index (χ0v) is 15.0. The van der Waals surface area contributed by atoms with Gasteiger partial charge in [-0.25, -0.2) is 0 Å². The van der Waals surface area contributed by atoms with E-state index >= 15 is 0 Å². The Labute approximate surface area is 92.9 Å². The van der Waals surface area contributed by atoms with Gasteiger partial charge in [0.1, 0.15) is 0 Å². The van der Waals surface area contributed by atoms with E-state index in [2.05, 4.69) is 34.5 Å². The second-order valence-corrected chi connectivity index (χ2v) is 17.5. The van der Waals surface area contributed by atoms with Crippen LogP contribution in [0.1, 0.15) is 0 Å². The molecule has 0 aromatic rings. The molecule has 0 atom stereocenters. The summed E-state index contributed by atoms with van der Waals surface area (Å²) >= 11 is 8.92. The maximum atomic E-state index is 4.79. The SMILES string of the molecule is Cl[Si]Cl.[CH3][Ge]([CH3])[CH3].[CH3][Ge]([CH3])[CH3]. The first-order valence-corrected chi connectivity index (χ1v) is 19.0. The van der Waals surface area contributed by atoms with Crippen LogP contribution in [0.4, 0.5) is 0 Å². The van der Waals surface area contributed by atoms with Crippen LogP contribution in [0, 0.1) is 0 Å². The molecule has 0 nitrogen and oxygen atoms in total. The van der Waals surface area contributed by atoms with Crippen molar-refractivity contribution in [3.63, 3.8) is 0 Å². The monoisotopic (exact) mass is 336 g/mol. The molecule has 4 radical (unpaired) electrons. The van der Waals surface area contributed by atoms with Crippen molar-refractivity contribution in [2.75, 3.05) is 0 Å². The van der Waals surface area contributed by atoms with Crippen molar-refractivity contribution in [1.82, 2.24) is 0 Å². The molecule has 11 heavy (non-hydrogen) atoms. The summed E-state index contributed by atoms with van der Waals surface area (Å²) in [6, 6.07) is 0. The molecule has 0 aromatic carbocycles. The molecule has 0 rings (SSSR count). The van der Waals surface area contributed by atoms with E-state index in [0.29, 0.717) is 0 Å². The zero-order chi connectivity index (χ0) is 9.86. The van der Waals surface area contributed by atoms with Gasteiger partial charge in [0.25, 0.3) is 8.14 Å². The molecular weight excluding hydrogens is 316 g/mol. The summed E-state index contributed by atoms with van der Waals surface area (Å²) in [6.07, 6.45) is 0. The Kier molecular flexibility index (Phi) is 30.2. The third-order valence-electron chi connectivity index (χ3n) is 0. The van der Waals surface area contributed by atoms with E-state index in [1.807, 2.05) is 0 Å². The first kappa shape index (κ1) is 18.6. The van der Waals surface area contributed by atoms with E-state index in [-0.39, 0.29) is 36.8 Å². The van der Waals surface area contributed by atoms with Crippen molar-refractivity contribution in [2.24, 2.45) is 0 Å². The first-order valence-electron chi connectivity index (χ1n) is 3.38. The van der Waals surface area contributed by atoms with Gasteiger partial charge in [-0.15, -0.1) is 22.2 Å². The average molecular weight is 334 g/mol. The van der Waals surface area contributed by atoms with Gasteiger partial charge in [-0.3, -0.25) is 0 Å². The standard InChI is InChI=1S/2C3H9Ge.Cl2Si/c2*1-4(2)3;1-3-2/h2*1-3H3;. The predicted octanol–water partition coefficient (Wildman–Crippen LogP) is 3.74. The van der Waals surface area contributed by atoms with E-state index < -0.39 is 0 Å². The second-order valence-electron chi connectivity index (χ2n) is 3.07. The van der Waals surface area contributed by atoms with Crippen LogP contribution in [0.25, 0.3) is 0 Å². The summed E-state index contributed by atoms with van der Waals surface area (Å²) in [5.41, 5.74) is 0. The van der Waals surface area contributed by atoms with Crippen LogP contribution in [0.5, 0.6) is 0 Å². The Bertz CT molecular complexity index is 42.3. The molecule has 0 aliphatic heterocycles. The van der Waals surface area contributed by atoms with Crippen molar-refractivity contribution < 1.29 is 0 Å². The quantitative estimate of drug-likeness (QED) is 0.468. The third-order valence-corrected chi connectivity index (χ3v) is 0. The molecule has 0 aliphatic rings. The van der Waals surface area contributed by atoms with Gasteiger partial charge >= 0.3 is 63.2 Å². The summed E-state index contributed by atoms with van der Waals surface area (Å²) in [7, 11) is 0.0278. The van der Waals surface area contributed by atoms with Gasteiger partial charge in [0.15, 0.2) is 0 Å². The zero-order valence-electron chi connectivity index (χ0n) is 8.26. The van der Waals surface area contributed by atoms with Crippen LogP contribution in [0.2, 0.25) is 34.5 Å². The van der Waals surface area contributed by atoms with E-state index in [1.165, 1.54) is 0 Å². The van der Waals surface area contributed by atoms with Gasteiger partial charge in [0, 0.05) is 0 Å². The molecule has 0 aliphatic carbocycles. The van der Waals surface area contributed by atoms with Crippen LogP contribution in [0.15, 0.2) is 0 Å². The Morgan fingerprint density at radius 3 is 0.727 bits per heavy atom. The topological polar surface area (TPSA) is 0 Å². The molecule has 0 heterocycles. The number of rotatable bonds is 0. The minimum absolute atomic E-state index is 0.0278. The fraction of sp³-hybridized carbons (Fsp3) is 1.00. The number of hydrogen-bond donors (Lipinski definition) is 0. The van der Waals surface area contributed by atoms with E-state index in [4.69, 9.17) is 22.2 Å². The van der Waals surface area contributed by atoms with Crippen LogP contribution in [-0.2, 0) is 0 Å². The van der Waals surface area contributed by atoms with Crippen molar-refractivity contribution in [2.45, 2.75) is 34.5 Å². The molecule has 0 bridgehead atoms. The van der Waals surface area contributed by atoms with E-state index in [1.54, 1.807) is 0 Å². The van der Waals surface area contributed by atoms with Crippen molar-refractivity contribution in [3.05, 3.63) is 0 Å². The van der Waals surface area contributed by atoms with Gasteiger partial charge in [-0.05, 0) is 0 Å². The van der Waals surface area contributed by atoms with Crippen LogP contribution in [-0.4, -0.2) is 36.8 Å². The van der Waals surface area contributed by atoms with Crippen LogP contribution < -0.4 is 0 Å². The minimum atomic E-state index is -0.333. The Balaban J connectivity index is -0.0000000886. The van der Waals surface area contributed by atoms with Gasteiger partial charge < -0.3 is 0 Å². The number of hydrogen-bond acceptors (Lipinski definition) is 0. The van der Waals surface area contributed by atoms with Crippen LogP contribution in [0.3, 0.4) is 0 Å². The summed E-state index contributed by atoms with van der Waals surface area (Å²) in [5.74, 6) is 14.0. The van der Waals surface area contributed by atoms with Gasteiger partial charge in [-0.1, -0.05) is 0 Å². The Hall–Kier alpha value is 1.88.